The molecule has 0 heterocycles. The van der Waals surface area contributed by atoms with E-state index in [0.717, 1.165) is 12.4 Å². The quantitative estimate of drug-likeness (QED) is 0.203. The largest absolute Gasteiger partial charge is 0.493 e. The fraction of sp³-hybridized carbons (Fsp3) is 0.720. The van der Waals surface area contributed by atoms with Gasteiger partial charge in [-0.2, -0.15) is 0 Å². The van der Waals surface area contributed by atoms with E-state index in [4.69, 9.17) is 9.47 Å². The molecule has 0 radical (unpaired) electrons. The van der Waals surface area contributed by atoms with E-state index in [1.165, 1.54) is 77.0 Å². The van der Waals surface area contributed by atoms with Gasteiger partial charge in [-0.3, -0.25) is 0 Å². The van der Waals surface area contributed by atoms with Crippen LogP contribution in [0.4, 0.5) is 0 Å². The van der Waals surface area contributed by atoms with Gasteiger partial charge in [0.1, 0.15) is 5.75 Å². The Hall–Kier alpha value is -1.51. The summed E-state index contributed by atoms with van der Waals surface area (Å²) < 4.78 is 11.1. The molecule has 3 nitrogen and oxygen atoms in total. The van der Waals surface area contributed by atoms with E-state index in [0.29, 0.717) is 18.1 Å². The van der Waals surface area contributed by atoms with E-state index in [1.807, 2.05) is 19.1 Å². The molecule has 1 rings (SSSR count). The van der Waals surface area contributed by atoms with Gasteiger partial charge in [-0.05, 0) is 49.9 Å². The highest BCUT2D eigenvalue weighted by molar-refractivity contribution is 5.89. The van der Waals surface area contributed by atoms with Crippen LogP contribution in [-0.2, 0) is 4.74 Å². The zero-order valence-corrected chi connectivity index (χ0v) is 18.5. The monoisotopic (exact) mass is 390 g/mol. The van der Waals surface area contributed by atoms with E-state index in [-0.39, 0.29) is 5.97 Å². The predicted octanol–water partition coefficient (Wildman–Crippen LogP) is 7.58. The molecule has 1 aromatic carbocycles. The first-order valence-electron chi connectivity index (χ1n) is 11.6. The molecule has 0 spiro atoms. The average molecular weight is 391 g/mol. The minimum atomic E-state index is -0.272. The second-order valence-corrected chi connectivity index (χ2v) is 7.83. The van der Waals surface area contributed by atoms with Crippen LogP contribution in [0.15, 0.2) is 24.3 Å². The Morgan fingerprint density at radius 1 is 0.786 bits per heavy atom. The number of hydrogen-bond acceptors (Lipinski definition) is 3. The molecular weight excluding hydrogens is 348 g/mol. The summed E-state index contributed by atoms with van der Waals surface area (Å²) >= 11 is 0. The van der Waals surface area contributed by atoms with Crippen LogP contribution in [0.25, 0.3) is 0 Å². The molecule has 0 fully saturated rings. The van der Waals surface area contributed by atoms with E-state index in [2.05, 4.69) is 13.8 Å². The number of rotatable bonds is 17. The highest BCUT2D eigenvalue weighted by atomic mass is 16.5. The summed E-state index contributed by atoms with van der Waals surface area (Å²) in [7, 11) is 0. The van der Waals surface area contributed by atoms with Crippen LogP contribution in [0.3, 0.4) is 0 Å². The van der Waals surface area contributed by atoms with Crippen LogP contribution < -0.4 is 4.74 Å². The molecule has 1 unspecified atom stereocenters. The maximum absolute atomic E-state index is 11.7. The molecule has 0 amide bonds. The fourth-order valence-electron chi connectivity index (χ4n) is 3.50. The summed E-state index contributed by atoms with van der Waals surface area (Å²) in [6.07, 6.45) is 15.9. The third kappa shape index (κ3) is 11.4. The van der Waals surface area contributed by atoms with Crippen molar-refractivity contribution < 1.29 is 14.3 Å². The van der Waals surface area contributed by atoms with Crippen molar-refractivity contribution in [2.75, 3.05) is 13.2 Å². The minimum absolute atomic E-state index is 0.272. The number of esters is 1. The Labute approximate surface area is 173 Å². The molecule has 28 heavy (non-hydrogen) atoms. The average Bonchev–Trinajstić information content (AvgIpc) is 2.71. The van der Waals surface area contributed by atoms with Gasteiger partial charge in [0, 0.05) is 0 Å². The smallest absolute Gasteiger partial charge is 0.338 e. The molecule has 3 heteroatoms. The number of carbonyl (C=O) groups excluding carboxylic acids is 1. The molecule has 1 atom stereocenters. The Morgan fingerprint density at radius 2 is 1.32 bits per heavy atom. The molecule has 0 aliphatic carbocycles. The van der Waals surface area contributed by atoms with Crippen molar-refractivity contribution in [3.63, 3.8) is 0 Å². The summed E-state index contributed by atoms with van der Waals surface area (Å²) in [4.78, 5) is 11.7. The third-order valence-electron chi connectivity index (χ3n) is 5.28. The lowest BCUT2D eigenvalue weighted by atomic mass is 9.95. The van der Waals surface area contributed by atoms with Gasteiger partial charge < -0.3 is 9.47 Å². The number of carbonyl (C=O) groups is 1. The SMILES string of the molecule is CCCCCCCCC(CCCCCC)COc1ccc(C(=O)OCC)cc1. The molecule has 1 aromatic rings. The van der Waals surface area contributed by atoms with Gasteiger partial charge in [0.05, 0.1) is 18.8 Å². The lowest BCUT2D eigenvalue weighted by Gasteiger charge is -2.18. The number of hydrogen-bond donors (Lipinski definition) is 0. The first-order chi connectivity index (χ1) is 13.7. The van der Waals surface area contributed by atoms with Gasteiger partial charge in [0.25, 0.3) is 0 Å². The molecule has 160 valence electrons. The van der Waals surface area contributed by atoms with Crippen LogP contribution >= 0.6 is 0 Å². The first-order valence-corrected chi connectivity index (χ1v) is 11.6. The number of ether oxygens (including phenoxy) is 2. The standard InChI is InChI=1S/C25H42O3/c1-4-7-9-11-12-14-16-22(15-13-10-8-5-2)21-28-24-19-17-23(18-20-24)25(26)27-6-3/h17-20,22H,4-16,21H2,1-3H3. The molecular formula is C25H42O3. The summed E-state index contributed by atoms with van der Waals surface area (Å²) in [6, 6.07) is 7.34. The molecule has 0 aliphatic heterocycles. The first kappa shape index (κ1) is 24.5. The summed E-state index contributed by atoms with van der Waals surface area (Å²) in [5.74, 6) is 1.20. The minimum Gasteiger partial charge on any atom is -0.493 e. The maximum atomic E-state index is 11.7. The summed E-state index contributed by atoms with van der Waals surface area (Å²) in [6.45, 7) is 7.52. The van der Waals surface area contributed by atoms with Crippen molar-refractivity contribution >= 4 is 5.97 Å². The Balaban J connectivity index is 2.41. The molecule has 0 saturated heterocycles. The van der Waals surface area contributed by atoms with Gasteiger partial charge in [-0.1, -0.05) is 78.1 Å². The van der Waals surface area contributed by atoms with Crippen molar-refractivity contribution in [3.8, 4) is 5.75 Å². The second-order valence-electron chi connectivity index (χ2n) is 7.83. The van der Waals surface area contributed by atoms with Crippen LogP contribution in [0.2, 0.25) is 0 Å². The number of benzene rings is 1. The van der Waals surface area contributed by atoms with Crippen LogP contribution in [0.1, 0.15) is 108 Å². The highest BCUT2D eigenvalue weighted by Crippen LogP contribution is 2.21. The molecule has 0 aliphatic rings. The van der Waals surface area contributed by atoms with E-state index in [9.17, 15) is 4.79 Å². The lowest BCUT2D eigenvalue weighted by molar-refractivity contribution is 0.0526. The van der Waals surface area contributed by atoms with Crippen molar-refractivity contribution in [2.45, 2.75) is 97.8 Å². The normalized spacial score (nSPS) is 12.0. The fourth-order valence-corrected chi connectivity index (χ4v) is 3.50. The van der Waals surface area contributed by atoms with Crippen LogP contribution in [0, 0.1) is 5.92 Å². The van der Waals surface area contributed by atoms with E-state index in [1.54, 1.807) is 12.1 Å². The Bertz CT molecular complexity index is 495. The van der Waals surface area contributed by atoms with Gasteiger partial charge in [0.15, 0.2) is 0 Å². The van der Waals surface area contributed by atoms with Crippen LogP contribution in [0.5, 0.6) is 5.75 Å². The topological polar surface area (TPSA) is 35.5 Å². The van der Waals surface area contributed by atoms with Gasteiger partial charge in [-0.15, -0.1) is 0 Å². The third-order valence-corrected chi connectivity index (χ3v) is 5.28. The van der Waals surface area contributed by atoms with Gasteiger partial charge in [-0.25, -0.2) is 4.79 Å². The van der Waals surface area contributed by atoms with Crippen molar-refractivity contribution in [2.24, 2.45) is 5.92 Å². The van der Waals surface area contributed by atoms with E-state index < -0.39 is 0 Å². The maximum Gasteiger partial charge on any atom is 0.338 e. The van der Waals surface area contributed by atoms with Crippen molar-refractivity contribution in [1.29, 1.82) is 0 Å². The molecule has 0 N–H and O–H groups in total. The lowest BCUT2D eigenvalue weighted by Crippen LogP contribution is -2.13. The van der Waals surface area contributed by atoms with Crippen molar-refractivity contribution in [3.05, 3.63) is 29.8 Å². The molecule has 0 bridgehead atoms. The van der Waals surface area contributed by atoms with Gasteiger partial charge in [0.2, 0.25) is 0 Å². The molecule has 0 aromatic heterocycles. The van der Waals surface area contributed by atoms with Crippen LogP contribution in [-0.4, -0.2) is 19.2 Å². The van der Waals surface area contributed by atoms with Crippen molar-refractivity contribution in [1.82, 2.24) is 0 Å². The Kier molecular flexibility index (Phi) is 14.4. The highest BCUT2D eigenvalue weighted by Gasteiger charge is 2.11. The summed E-state index contributed by atoms with van der Waals surface area (Å²) in [5.41, 5.74) is 0.581. The molecule has 0 saturated carbocycles. The Morgan fingerprint density at radius 3 is 1.89 bits per heavy atom. The predicted molar refractivity (Wildman–Crippen MR) is 118 cm³/mol. The summed E-state index contributed by atoms with van der Waals surface area (Å²) in [5, 5.41) is 0. The number of unbranched alkanes of at least 4 members (excludes halogenated alkanes) is 8. The zero-order valence-electron chi connectivity index (χ0n) is 18.5. The van der Waals surface area contributed by atoms with E-state index >= 15 is 0 Å². The van der Waals surface area contributed by atoms with Gasteiger partial charge >= 0.3 is 5.97 Å². The zero-order chi connectivity index (χ0) is 20.5. The second kappa shape index (κ2) is 16.4.